The van der Waals surface area contributed by atoms with Crippen LogP contribution < -0.4 is 0 Å². The topological polar surface area (TPSA) is 68.0 Å². The van der Waals surface area contributed by atoms with Crippen molar-refractivity contribution in [2.24, 2.45) is 5.41 Å². The van der Waals surface area contributed by atoms with Gasteiger partial charge in [-0.05, 0) is 30.0 Å². The Kier molecular flexibility index (Phi) is 4.60. The molecule has 0 fully saturated rings. The van der Waals surface area contributed by atoms with Crippen molar-refractivity contribution in [2.45, 2.75) is 53.0 Å². The van der Waals surface area contributed by atoms with E-state index < -0.39 is 5.97 Å². The monoisotopic (exact) mass is 289 g/mol. The lowest BCUT2D eigenvalue weighted by atomic mass is 9.87. The van der Waals surface area contributed by atoms with Crippen molar-refractivity contribution in [1.29, 1.82) is 0 Å². The molecule has 0 atom stereocenters. The number of carboxylic acid groups (broad SMARTS) is 1. The van der Waals surface area contributed by atoms with Gasteiger partial charge in [0.1, 0.15) is 5.52 Å². The number of fused-ring (bicyclic) bond motifs is 1. The molecule has 5 nitrogen and oxygen atoms in total. The SMILES string of the molecule is CCCCCC(C)(C)Cn1nnc2ccc(C(=O)O)cc21. The molecule has 0 saturated heterocycles. The van der Waals surface area contributed by atoms with Crippen molar-refractivity contribution in [3.8, 4) is 0 Å². The summed E-state index contributed by atoms with van der Waals surface area (Å²) in [6, 6.07) is 4.93. The molecule has 0 aliphatic carbocycles. The van der Waals surface area contributed by atoms with Crippen LogP contribution in [0.5, 0.6) is 0 Å². The van der Waals surface area contributed by atoms with Gasteiger partial charge in [0.2, 0.25) is 0 Å². The predicted octanol–water partition coefficient (Wildman–Crippen LogP) is 3.74. The first-order valence-corrected chi connectivity index (χ1v) is 7.49. The van der Waals surface area contributed by atoms with Crippen molar-refractivity contribution in [2.75, 3.05) is 0 Å². The summed E-state index contributed by atoms with van der Waals surface area (Å²) in [6.45, 7) is 7.39. The second kappa shape index (κ2) is 6.24. The zero-order chi connectivity index (χ0) is 15.5. The highest BCUT2D eigenvalue weighted by atomic mass is 16.4. The van der Waals surface area contributed by atoms with Crippen LogP contribution in [-0.4, -0.2) is 26.1 Å². The number of benzene rings is 1. The molecule has 0 aliphatic heterocycles. The Morgan fingerprint density at radius 1 is 1.33 bits per heavy atom. The molecular weight excluding hydrogens is 266 g/mol. The summed E-state index contributed by atoms with van der Waals surface area (Å²) in [5.74, 6) is -0.924. The maximum Gasteiger partial charge on any atom is 0.335 e. The van der Waals surface area contributed by atoms with Crippen LogP contribution in [-0.2, 0) is 6.54 Å². The number of rotatable bonds is 7. The number of hydrogen-bond donors (Lipinski definition) is 1. The van der Waals surface area contributed by atoms with Crippen LogP contribution in [0, 0.1) is 5.41 Å². The van der Waals surface area contributed by atoms with Crippen molar-refractivity contribution < 1.29 is 9.90 Å². The number of carbonyl (C=O) groups is 1. The standard InChI is InChI=1S/C16H23N3O2/c1-4-5-6-9-16(2,3)11-19-14-10-12(15(20)21)7-8-13(14)17-18-19/h7-8,10H,4-6,9,11H2,1-3H3,(H,20,21). The maximum atomic E-state index is 11.1. The van der Waals surface area contributed by atoms with E-state index >= 15 is 0 Å². The van der Waals surface area contributed by atoms with E-state index in [1.54, 1.807) is 18.2 Å². The summed E-state index contributed by atoms with van der Waals surface area (Å²) in [6.07, 6.45) is 4.78. The Morgan fingerprint density at radius 3 is 2.76 bits per heavy atom. The Hall–Kier alpha value is -1.91. The van der Waals surface area contributed by atoms with Crippen LogP contribution in [0.1, 0.15) is 56.8 Å². The van der Waals surface area contributed by atoms with Gasteiger partial charge in [0.15, 0.2) is 0 Å². The van der Waals surface area contributed by atoms with E-state index in [1.165, 1.54) is 19.3 Å². The van der Waals surface area contributed by atoms with E-state index in [4.69, 9.17) is 5.11 Å². The lowest BCUT2D eigenvalue weighted by Gasteiger charge is -2.24. The summed E-state index contributed by atoms with van der Waals surface area (Å²) in [7, 11) is 0. The van der Waals surface area contributed by atoms with Crippen molar-refractivity contribution in [3.05, 3.63) is 23.8 Å². The van der Waals surface area contributed by atoms with Crippen LogP contribution in [0.2, 0.25) is 0 Å². The summed E-state index contributed by atoms with van der Waals surface area (Å²) in [4.78, 5) is 11.1. The quantitative estimate of drug-likeness (QED) is 0.788. The molecule has 0 bridgehead atoms. The molecule has 2 aromatic rings. The summed E-state index contributed by atoms with van der Waals surface area (Å²) in [5.41, 5.74) is 1.92. The molecule has 0 unspecified atom stereocenters. The van der Waals surface area contributed by atoms with Gasteiger partial charge in [0.05, 0.1) is 11.1 Å². The lowest BCUT2D eigenvalue weighted by Crippen LogP contribution is -2.20. The second-order valence-corrected chi connectivity index (χ2v) is 6.38. The fourth-order valence-electron chi connectivity index (χ4n) is 2.55. The fourth-order valence-corrected chi connectivity index (χ4v) is 2.55. The van der Waals surface area contributed by atoms with Gasteiger partial charge in [0.25, 0.3) is 0 Å². The van der Waals surface area contributed by atoms with E-state index in [2.05, 4.69) is 31.1 Å². The van der Waals surface area contributed by atoms with Gasteiger partial charge in [-0.1, -0.05) is 45.2 Å². The highest BCUT2D eigenvalue weighted by Crippen LogP contribution is 2.27. The lowest BCUT2D eigenvalue weighted by molar-refractivity contribution is 0.0697. The Balaban J connectivity index is 2.21. The average Bonchev–Trinajstić information content (AvgIpc) is 2.80. The van der Waals surface area contributed by atoms with Crippen LogP contribution in [0.3, 0.4) is 0 Å². The Morgan fingerprint density at radius 2 is 2.10 bits per heavy atom. The molecule has 0 aliphatic rings. The third kappa shape index (κ3) is 3.80. The molecule has 0 spiro atoms. The van der Waals surface area contributed by atoms with Crippen LogP contribution in [0.15, 0.2) is 18.2 Å². The van der Waals surface area contributed by atoms with Gasteiger partial charge < -0.3 is 5.11 Å². The zero-order valence-electron chi connectivity index (χ0n) is 13.0. The molecule has 21 heavy (non-hydrogen) atoms. The molecule has 0 saturated carbocycles. The number of carboxylic acids is 1. The Bertz CT molecular complexity index is 631. The molecule has 114 valence electrons. The highest BCUT2D eigenvalue weighted by Gasteiger charge is 2.20. The Labute approximate surface area is 125 Å². The van der Waals surface area contributed by atoms with Crippen molar-refractivity contribution in [3.63, 3.8) is 0 Å². The first-order chi connectivity index (χ1) is 9.93. The first-order valence-electron chi connectivity index (χ1n) is 7.49. The van der Waals surface area contributed by atoms with E-state index in [0.717, 1.165) is 24.0 Å². The minimum Gasteiger partial charge on any atom is -0.478 e. The average molecular weight is 289 g/mol. The number of aromatic nitrogens is 3. The predicted molar refractivity (Wildman–Crippen MR) is 82.4 cm³/mol. The minimum atomic E-state index is -0.924. The first kappa shape index (κ1) is 15.5. The maximum absolute atomic E-state index is 11.1. The van der Waals surface area contributed by atoms with Gasteiger partial charge >= 0.3 is 5.97 Å². The zero-order valence-corrected chi connectivity index (χ0v) is 13.0. The number of hydrogen-bond acceptors (Lipinski definition) is 3. The van der Waals surface area contributed by atoms with Crippen LogP contribution >= 0.6 is 0 Å². The summed E-state index contributed by atoms with van der Waals surface area (Å²) in [5, 5.41) is 17.4. The van der Waals surface area contributed by atoms with Gasteiger partial charge in [-0.2, -0.15) is 0 Å². The van der Waals surface area contributed by atoms with E-state index in [0.29, 0.717) is 0 Å². The molecule has 5 heteroatoms. The van der Waals surface area contributed by atoms with Gasteiger partial charge in [-0.25, -0.2) is 9.48 Å². The molecule has 2 rings (SSSR count). The summed E-state index contributed by atoms with van der Waals surface area (Å²) >= 11 is 0. The van der Waals surface area contributed by atoms with E-state index in [-0.39, 0.29) is 11.0 Å². The van der Waals surface area contributed by atoms with Crippen LogP contribution in [0.4, 0.5) is 0 Å². The molecule has 1 heterocycles. The molecule has 0 radical (unpaired) electrons. The minimum absolute atomic E-state index is 0.120. The van der Waals surface area contributed by atoms with Crippen molar-refractivity contribution in [1.82, 2.24) is 15.0 Å². The molecule has 0 amide bonds. The van der Waals surface area contributed by atoms with E-state index in [1.807, 2.05) is 4.68 Å². The molecule has 1 N–H and O–H groups in total. The largest absolute Gasteiger partial charge is 0.478 e. The number of nitrogens with zero attached hydrogens (tertiary/aromatic N) is 3. The van der Waals surface area contributed by atoms with Crippen molar-refractivity contribution >= 4 is 17.0 Å². The third-order valence-electron chi connectivity index (χ3n) is 3.80. The normalized spacial score (nSPS) is 12.0. The van der Waals surface area contributed by atoms with Crippen LogP contribution in [0.25, 0.3) is 11.0 Å². The van der Waals surface area contributed by atoms with Gasteiger partial charge in [-0.3, -0.25) is 0 Å². The number of aromatic carboxylic acids is 1. The van der Waals surface area contributed by atoms with Gasteiger partial charge in [0, 0.05) is 6.54 Å². The molecule has 1 aromatic heterocycles. The number of unbranched alkanes of at least 4 members (excludes halogenated alkanes) is 2. The fraction of sp³-hybridized carbons (Fsp3) is 0.562. The van der Waals surface area contributed by atoms with E-state index in [9.17, 15) is 4.79 Å². The molecule has 1 aromatic carbocycles. The summed E-state index contributed by atoms with van der Waals surface area (Å²) < 4.78 is 1.83. The molecular formula is C16H23N3O2. The third-order valence-corrected chi connectivity index (χ3v) is 3.80. The van der Waals surface area contributed by atoms with Gasteiger partial charge in [-0.15, -0.1) is 5.10 Å². The smallest absolute Gasteiger partial charge is 0.335 e. The highest BCUT2D eigenvalue weighted by molar-refractivity contribution is 5.92. The second-order valence-electron chi connectivity index (χ2n) is 6.38.